The molecule has 1 N–H and O–H groups in total. The fourth-order valence-corrected chi connectivity index (χ4v) is 0.173. The van der Waals surface area contributed by atoms with Crippen LogP contribution in [0.2, 0.25) is 0 Å². The van der Waals surface area contributed by atoms with E-state index < -0.39 is 0 Å². The van der Waals surface area contributed by atoms with Gasteiger partial charge in [0.1, 0.15) is 0 Å². The normalized spacial score (nSPS) is 14.7. The Labute approximate surface area is 91.0 Å². The van der Waals surface area contributed by atoms with Crippen molar-refractivity contribution < 1.29 is 5.11 Å². The molecular formula is C6H16OS4. The molecule has 0 bridgehead atoms. The van der Waals surface area contributed by atoms with E-state index in [0.717, 1.165) is 5.75 Å². The first kappa shape index (κ1) is 14.9. The highest BCUT2D eigenvalue weighted by atomic mass is 32.1. The second-order valence-corrected chi connectivity index (χ2v) is 4.39. The zero-order valence-corrected chi connectivity index (χ0v) is 10.1. The van der Waals surface area contributed by atoms with Crippen molar-refractivity contribution >= 4 is 50.5 Å². The van der Waals surface area contributed by atoms with Crippen molar-refractivity contribution in [1.29, 1.82) is 0 Å². The van der Waals surface area contributed by atoms with Crippen LogP contribution in [0.15, 0.2) is 0 Å². The number of aliphatic hydroxyl groups is 1. The van der Waals surface area contributed by atoms with Crippen molar-refractivity contribution in [2.75, 3.05) is 18.1 Å². The second-order valence-electron chi connectivity index (χ2n) is 2.05. The molecule has 0 aromatic heterocycles. The molecule has 0 rings (SSSR count). The van der Waals surface area contributed by atoms with Gasteiger partial charge in [0.05, 0.1) is 6.61 Å². The molecule has 0 heterocycles. The highest BCUT2D eigenvalue weighted by Crippen LogP contribution is 1.93. The lowest BCUT2D eigenvalue weighted by atomic mass is 10.5. The van der Waals surface area contributed by atoms with Gasteiger partial charge in [0.15, 0.2) is 0 Å². The summed E-state index contributed by atoms with van der Waals surface area (Å²) in [5, 5.41) is 8.70. The first-order valence-corrected chi connectivity index (χ1v) is 5.56. The summed E-state index contributed by atoms with van der Waals surface area (Å²) in [5.74, 6) is 1.50. The Hall–Kier alpha value is 1.36. The lowest BCUT2D eigenvalue weighted by Gasteiger charge is -1.96. The molecule has 0 aliphatic carbocycles. The Morgan fingerprint density at radius 2 is 1.55 bits per heavy atom. The van der Waals surface area contributed by atoms with E-state index in [1.54, 1.807) is 0 Å². The number of aliphatic hydroxyl groups excluding tert-OH is 1. The van der Waals surface area contributed by atoms with Gasteiger partial charge in [0.25, 0.3) is 0 Å². The molecule has 0 amide bonds. The Balaban J connectivity index is 0. The van der Waals surface area contributed by atoms with E-state index in [2.05, 4.69) is 50.5 Å². The van der Waals surface area contributed by atoms with Crippen LogP contribution in [0.5, 0.6) is 0 Å². The third-order valence-electron chi connectivity index (χ3n) is 0.686. The number of rotatable bonds is 3. The average Bonchev–Trinajstić information content (AvgIpc) is 2.04. The molecule has 0 aliphatic heterocycles. The number of hydrogen-bond acceptors (Lipinski definition) is 5. The van der Waals surface area contributed by atoms with Gasteiger partial charge in [-0.1, -0.05) is 6.92 Å². The van der Waals surface area contributed by atoms with E-state index >= 15 is 0 Å². The SMILES string of the molecule is CC(S)CS.OCC(S)CS. The predicted octanol–water partition coefficient (Wildman–Crippen LogP) is 1.44. The summed E-state index contributed by atoms with van der Waals surface area (Å²) in [6, 6.07) is 0. The van der Waals surface area contributed by atoms with Crippen molar-refractivity contribution in [3.63, 3.8) is 0 Å². The quantitative estimate of drug-likeness (QED) is 0.467. The minimum atomic E-state index is 0.0494. The molecule has 70 valence electrons. The van der Waals surface area contributed by atoms with Crippen molar-refractivity contribution in [2.45, 2.75) is 17.4 Å². The molecule has 0 spiro atoms. The van der Waals surface area contributed by atoms with Crippen LogP contribution in [0.4, 0.5) is 0 Å². The Morgan fingerprint density at radius 3 is 1.55 bits per heavy atom. The van der Waals surface area contributed by atoms with Crippen molar-refractivity contribution in [2.24, 2.45) is 0 Å². The Bertz CT molecular complexity index is 65.6. The summed E-state index contributed by atoms with van der Waals surface area (Å²) in [6.07, 6.45) is 0. The van der Waals surface area contributed by atoms with E-state index in [1.165, 1.54) is 0 Å². The van der Waals surface area contributed by atoms with Gasteiger partial charge >= 0.3 is 0 Å². The molecule has 0 saturated heterocycles. The molecule has 0 aliphatic rings. The lowest BCUT2D eigenvalue weighted by molar-refractivity contribution is 0.302. The Kier molecular flexibility index (Phi) is 15.3. The minimum absolute atomic E-state index is 0.0494. The molecule has 11 heavy (non-hydrogen) atoms. The van der Waals surface area contributed by atoms with E-state index in [0.29, 0.717) is 11.0 Å². The maximum Gasteiger partial charge on any atom is 0.0555 e. The molecule has 2 atom stereocenters. The molecule has 0 saturated carbocycles. The molecule has 5 heteroatoms. The zero-order chi connectivity index (χ0) is 9.28. The van der Waals surface area contributed by atoms with Crippen molar-refractivity contribution in [1.82, 2.24) is 0 Å². The standard InChI is InChI=1S/C3H8OS2.C3H8S2/c4-1-3(6)2-5;1-3(5)2-4/h3-6H,1-2H2;3-5H,2H2,1H3. The van der Waals surface area contributed by atoms with E-state index in [-0.39, 0.29) is 11.9 Å². The Morgan fingerprint density at radius 1 is 1.18 bits per heavy atom. The fraction of sp³-hybridized carbons (Fsp3) is 1.00. The van der Waals surface area contributed by atoms with Crippen LogP contribution in [0.3, 0.4) is 0 Å². The number of thiol groups is 4. The molecule has 0 aromatic rings. The van der Waals surface area contributed by atoms with Crippen LogP contribution < -0.4 is 0 Å². The minimum Gasteiger partial charge on any atom is -0.395 e. The topological polar surface area (TPSA) is 20.2 Å². The van der Waals surface area contributed by atoms with Gasteiger partial charge in [-0.25, -0.2) is 0 Å². The van der Waals surface area contributed by atoms with Gasteiger partial charge in [-0.15, -0.1) is 0 Å². The molecule has 0 radical (unpaired) electrons. The van der Waals surface area contributed by atoms with Crippen LogP contribution in [-0.2, 0) is 0 Å². The van der Waals surface area contributed by atoms with Gasteiger partial charge in [-0.3, -0.25) is 0 Å². The summed E-state index contributed by atoms with van der Waals surface area (Å²) in [6.45, 7) is 2.13. The third-order valence-corrected chi connectivity index (χ3v) is 2.78. The van der Waals surface area contributed by atoms with E-state index in [1.807, 2.05) is 6.92 Å². The van der Waals surface area contributed by atoms with Crippen LogP contribution in [0, 0.1) is 0 Å². The van der Waals surface area contributed by atoms with Crippen LogP contribution >= 0.6 is 50.5 Å². The molecule has 1 nitrogen and oxygen atoms in total. The predicted molar refractivity (Wildman–Crippen MR) is 66.0 cm³/mol. The molecular weight excluding hydrogens is 216 g/mol. The fourth-order valence-electron chi connectivity index (χ4n) is 0.0577. The smallest absolute Gasteiger partial charge is 0.0555 e. The van der Waals surface area contributed by atoms with Crippen LogP contribution in [-0.4, -0.2) is 33.7 Å². The highest BCUT2D eigenvalue weighted by Gasteiger charge is 1.92. The van der Waals surface area contributed by atoms with Gasteiger partial charge in [-0.2, -0.15) is 50.5 Å². The highest BCUT2D eigenvalue weighted by molar-refractivity contribution is 7.85. The summed E-state index contributed by atoms with van der Waals surface area (Å²) in [5.41, 5.74) is 0. The first-order valence-electron chi connectivity index (χ1n) is 3.27. The van der Waals surface area contributed by atoms with Crippen molar-refractivity contribution in [3.05, 3.63) is 0 Å². The van der Waals surface area contributed by atoms with Gasteiger partial charge in [0, 0.05) is 22.0 Å². The molecule has 0 aromatic carbocycles. The van der Waals surface area contributed by atoms with Crippen molar-refractivity contribution in [3.8, 4) is 0 Å². The summed E-state index contributed by atoms with van der Waals surface area (Å²) in [7, 11) is 0. The van der Waals surface area contributed by atoms with E-state index in [4.69, 9.17) is 5.11 Å². The largest absolute Gasteiger partial charge is 0.395 e. The third kappa shape index (κ3) is 18.4. The van der Waals surface area contributed by atoms with Gasteiger partial charge < -0.3 is 5.11 Å². The van der Waals surface area contributed by atoms with Crippen LogP contribution in [0.1, 0.15) is 6.92 Å². The van der Waals surface area contributed by atoms with Gasteiger partial charge in [0.2, 0.25) is 0 Å². The lowest BCUT2D eigenvalue weighted by Crippen LogP contribution is -2.04. The summed E-state index contributed by atoms with van der Waals surface area (Å²) in [4.78, 5) is 0. The molecule has 0 fully saturated rings. The maximum absolute atomic E-state index is 8.21. The van der Waals surface area contributed by atoms with E-state index in [9.17, 15) is 0 Å². The summed E-state index contributed by atoms with van der Waals surface area (Å²) < 4.78 is 0. The van der Waals surface area contributed by atoms with Gasteiger partial charge in [-0.05, 0) is 0 Å². The first-order chi connectivity index (χ1) is 5.08. The average molecular weight is 232 g/mol. The maximum atomic E-state index is 8.21. The summed E-state index contributed by atoms with van der Waals surface area (Å²) >= 11 is 15.7. The zero-order valence-electron chi connectivity index (χ0n) is 6.51. The second kappa shape index (κ2) is 11.4. The van der Waals surface area contributed by atoms with Crippen LogP contribution in [0.25, 0.3) is 0 Å². The number of hydrogen-bond donors (Lipinski definition) is 5. The molecule has 2 unspecified atom stereocenters. The monoisotopic (exact) mass is 232 g/mol.